The van der Waals surface area contributed by atoms with Crippen LogP contribution in [0.5, 0.6) is 0 Å². The summed E-state index contributed by atoms with van der Waals surface area (Å²) >= 11 is 18.2. The van der Waals surface area contributed by atoms with Gasteiger partial charge in [-0.1, -0.05) is 54.2 Å². The number of hydrogen-bond donors (Lipinski definition) is 0. The quantitative estimate of drug-likeness (QED) is 0.277. The molecule has 7 atom stereocenters. The van der Waals surface area contributed by atoms with Crippen LogP contribution in [0.2, 0.25) is 0 Å². The van der Waals surface area contributed by atoms with Crippen LogP contribution < -0.4 is 0 Å². The number of hydrogen-bond acceptors (Lipinski definition) is 4. The van der Waals surface area contributed by atoms with E-state index in [0.717, 1.165) is 44.9 Å². The molecule has 0 N–H and O–H groups in total. The lowest BCUT2D eigenvalue weighted by Crippen LogP contribution is -2.52. The van der Waals surface area contributed by atoms with Crippen LogP contribution >= 0.6 is 34.8 Å². The average molecular weight is 478 g/mol. The minimum Gasteiger partial charge on any atom is -0.431 e. The third-order valence-corrected chi connectivity index (χ3v) is 9.24. The van der Waals surface area contributed by atoms with Gasteiger partial charge in [-0.3, -0.25) is 9.59 Å². The maximum absolute atomic E-state index is 12.0. The fourth-order valence-corrected chi connectivity index (χ4v) is 7.49. The van der Waals surface area contributed by atoms with Crippen molar-refractivity contribution in [2.45, 2.75) is 88.3 Å². The Morgan fingerprint density at radius 2 is 1.83 bits per heavy atom. The molecule has 4 aliphatic rings. The summed E-state index contributed by atoms with van der Waals surface area (Å²) in [5.41, 5.74) is 1.49. The number of fused-ring (bicyclic) bond motifs is 5. The highest BCUT2D eigenvalue weighted by molar-refractivity contribution is 6.68. The number of halogens is 3. The number of alkyl halides is 3. The van der Waals surface area contributed by atoms with E-state index in [9.17, 15) is 9.59 Å². The van der Waals surface area contributed by atoms with Crippen molar-refractivity contribution < 1.29 is 19.1 Å². The zero-order valence-corrected chi connectivity index (χ0v) is 20.2. The van der Waals surface area contributed by atoms with Gasteiger partial charge in [-0.2, -0.15) is 0 Å². The number of rotatable bonds is 3. The molecule has 0 aromatic heterocycles. The van der Waals surface area contributed by atoms with Crippen LogP contribution in [0.25, 0.3) is 0 Å². The van der Waals surface area contributed by atoms with Crippen molar-refractivity contribution >= 4 is 46.6 Å². The number of ether oxygens (including phenoxy) is 2. The van der Waals surface area contributed by atoms with Crippen LogP contribution in [-0.4, -0.2) is 27.9 Å². The summed E-state index contributed by atoms with van der Waals surface area (Å²) < 4.78 is 9.57. The van der Waals surface area contributed by atoms with Gasteiger partial charge in [-0.05, 0) is 79.6 Å². The molecule has 0 spiro atoms. The second-order valence-electron chi connectivity index (χ2n) is 10.2. The molecule has 0 aliphatic heterocycles. The van der Waals surface area contributed by atoms with E-state index in [1.165, 1.54) is 12.5 Å². The monoisotopic (exact) mass is 476 g/mol. The number of ketones is 1. The van der Waals surface area contributed by atoms with Gasteiger partial charge in [0, 0.05) is 13.3 Å². The van der Waals surface area contributed by atoms with E-state index in [0.29, 0.717) is 30.0 Å². The Bertz CT molecular complexity index is 760. The molecule has 30 heavy (non-hydrogen) atoms. The predicted octanol–water partition coefficient (Wildman–Crippen LogP) is 6.16. The summed E-state index contributed by atoms with van der Waals surface area (Å²) in [6, 6.07) is 0. The highest BCUT2D eigenvalue weighted by Gasteiger charge is 2.60. The standard InChI is InChI=1S/C23H31Cl3O4/c1-13(27)29-20(23(24,25)26)30-19-7-6-17-16-5-4-14-12-15(28)8-10-21(14,2)18(16)9-11-22(17,19)3/h12,16-20H,4-11H2,1-3H3/t16-,17-,18-,19-,20?,21-,22-/m0/s1. The van der Waals surface area contributed by atoms with Crippen molar-refractivity contribution in [1.82, 2.24) is 0 Å². The first kappa shape index (κ1) is 22.9. The first-order chi connectivity index (χ1) is 13.9. The fraction of sp³-hybridized carbons (Fsp3) is 0.826. The Kier molecular flexibility index (Phi) is 6.05. The molecule has 4 nitrogen and oxygen atoms in total. The molecule has 7 heteroatoms. The van der Waals surface area contributed by atoms with E-state index >= 15 is 0 Å². The number of esters is 1. The molecule has 3 fully saturated rings. The lowest BCUT2D eigenvalue weighted by molar-refractivity contribution is -0.204. The van der Waals surface area contributed by atoms with Gasteiger partial charge in [-0.15, -0.1) is 0 Å². The van der Waals surface area contributed by atoms with Gasteiger partial charge >= 0.3 is 5.97 Å². The Morgan fingerprint density at radius 1 is 1.10 bits per heavy atom. The molecule has 0 aromatic rings. The third-order valence-electron chi connectivity index (χ3n) is 8.70. The molecule has 0 bridgehead atoms. The number of allylic oxidation sites excluding steroid dienone is 1. The second kappa shape index (κ2) is 7.93. The van der Waals surface area contributed by atoms with Crippen LogP contribution in [0, 0.1) is 28.6 Å². The van der Waals surface area contributed by atoms with Gasteiger partial charge in [0.25, 0.3) is 10.1 Å². The highest BCUT2D eigenvalue weighted by Crippen LogP contribution is 2.65. The second-order valence-corrected chi connectivity index (χ2v) is 12.6. The molecule has 168 valence electrons. The zero-order valence-electron chi connectivity index (χ0n) is 17.9. The molecule has 4 aliphatic carbocycles. The third kappa shape index (κ3) is 3.84. The van der Waals surface area contributed by atoms with E-state index in [-0.39, 0.29) is 16.9 Å². The van der Waals surface area contributed by atoms with Gasteiger partial charge in [0.2, 0.25) is 0 Å². The molecule has 4 rings (SSSR count). The Hall–Kier alpha value is -0.290. The molecular weight excluding hydrogens is 447 g/mol. The van der Waals surface area contributed by atoms with Crippen molar-refractivity contribution in [2.75, 3.05) is 0 Å². The largest absolute Gasteiger partial charge is 0.431 e. The smallest absolute Gasteiger partial charge is 0.305 e. The summed E-state index contributed by atoms with van der Waals surface area (Å²) in [5.74, 6) is 1.53. The average Bonchev–Trinajstić information content (AvgIpc) is 2.97. The molecule has 1 unspecified atom stereocenters. The lowest BCUT2D eigenvalue weighted by Gasteiger charge is -2.58. The molecule has 0 saturated heterocycles. The summed E-state index contributed by atoms with van der Waals surface area (Å²) in [4.78, 5) is 23.5. The molecule has 0 heterocycles. The normalized spacial score (nSPS) is 41.9. The lowest BCUT2D eigenvalue weighted by atomic mass is 9.47. The van der Waals surface area contributed by atoms with Gasteiger partial charge in [0.15, 0.2) is 5.78 Å². The predicted molar refractivity (Wildman–Crippen MR) is 117 cm³/mol. The van der Waals surface area contributed by atoms with Crippen LogP contribution in [0.4, 0.5) is 0 Å². The maximum Gasteiger partial charge on any atom is 0.305 e. The van der Waals surface area contributed by atoms with Crippen molar-refractivity contribution in [3.63, 3.8) is 0 Å². The van der Waals surface area contributed by atoms with Crippen molar-refractivity contribution in [1.29, 1.82) is 0 Å². The Labute approximate surface area is 194 Å². The molecule has 0 amide bonds. The van der Waals surface area contributed by atoms with Crippen molar-refractivity contribution in [3.8, 4) is 0 Å². The van der Waals surface area contributed by atoms with E-state index in [1.807, 2.05) is 6.08 Å². The van der Waals surface area contributed by atoms with Gasteiger partial charge in [0.1, 0.15) is 0 Å². The SMILES string of the molecule is CC(=O)OC(O[C@H]1CC[C@H]2[C@@H]3CCC4=CC(=O)CC[C@]4(C)[C@H]3CC[C@]12C)C(Cl)(Cl)Cl. The summed E-state index contributed by atoms with van der Waals surface area (Å²) in [7, 11) is 0. The van der Waals surface area contributed by atoms with E-state index < -0.39 is 16.1 Å². The van der Waals surface area contributed by atoms with Crippen LogP contribution in [-0.2, 0) is 19.1 Å². The number of carbonyl (C=O) groups is 2. The minimum absolute atomic E-state index is 0.0302. The van der Waals surface area contributed by atoms with Crippen molar-refractivity contribution in [2.24, 2.45) is 28.6 Å². The highest BCUT2D eigenvalue weighted by atomic mass is 35.6. The van der Waals surface area contributed by atoms with Gasteiger partial charge in [0.05, 0.1) is 6.10 Å². The Balaban J connectivity index is 1.55. The fourth-order valence-electron chi connectivity index (χ4n) is 7.21. The van der Waals surface area contributed by atoms with Crippen LogP contribution in [0.3, 0.4) is 0 Å². The van der Waals surface area contributed by atoms with Crippen molar-refractivity contribution in [3.05, 3.63) is 11.6 Å². The van der Waals surface area contributed by atoms with E-state index in [4.69, 9.17) is 44.3 Å². The first-order valence-electron chi connectivity index (χ1n) is 11.1. The molecule has 0 aromatic carbocycles. The molecule has 0 radical (unpaired) electrons. The minimum atomic E-state index is -1.83. The molecular formula is C23H31Cl3O4. The summed E-state index contributed by atoms with van der Waals surface area (Å²) in [6.07, 6.45) is 8.52. The Morgan fingerprint density at radius 3 is 2.50 bits per heavy atom. The van der Waals surface area contributed by atoms with Gasteiger partial charge in [-0.25, -0.2) is 0 Å². The van der Waals surface area contributed by atoms with Crippen LogP contribution in [0.15, 0.2) is 11.6 Å². The first-order valence-corrected chi connectivity index (χ1v) is 12.2. The van der Waals surface area contributed by atoms with Crippen LogP contribution in [0.1, 0.15) is 72.1 Å². The summed E-state index contributed by atoms with van der Waals surface area (Å²) in [6.45, 7) is 5.97. The zero-order chi connectivity index (χ0) is 21.9. The maximum atomic E-state index is 12.0. The topological polar surface area (TPSA) is 52.6 Å². The summed E-state index contributed by atoms with van der Waals surface area (Å²) in [5, 5.41) is 0. The van der Waals surface area contributed by atoms with E-state index in [2.05, 4.69) is 13.8 Å². The van der Waals surface area contributed by atoms with Gasteiger partial charge < -0.3 is 9.47 Å². The van der Waals surface area contributed by atoms with E-state index in [1.54, 1.807) is 0 Å². The molecule has 3 saturated carbocycles. The number of carbonyl (C=O) groups excluding carboxylic acids is 2.